The van der Waals surface area contributed by atoms with Crippen LogP contribution in [0.2, 0.25) is 0 Å². The van der Waals surface area contributed by atoms with Crippen molar-refractivity contribution in [1.29, 1.82) is 5.41 Å². The van der Waals surface area contributed by atoms with Crippen molar-refractivity contribution in [1.82, 2.24) is 4.98 Å². The summed E-state index contributed by atoms with van der Waals surface area (Å²) in [5.74, 6) is 0.0747. The van der Waals surface area contributed by atoms with Crippen LogP contribution in [0.4, 0.5) is 10.8 Å². The second kappa shape index (κ2) is 6.27. The lowest BCUT2D eigenvalue weighted by atomic mass is 10.2. The zero-order valence-electron chi connectivity index (χ0n) is 11.5. The molecule has 5 nitrogen and oxygen atoms in total. The quantitative estimate of drug-likeness (QED) is 0.426. The van der Waals surface area contributed by atoms with Gasteiger partial charge in [-0.3, -0.25) is 5.41 Å². The van der Waals surface area contributed by atoms with Gasteiger partial charge in [0, 0.05) is 22.0 Å². The number of thiazole rings is 1. The number of hydrogen-bond acceptors (Lipinski definition) is 6. The van der Waals surface area contributed by atoms with Gasteiger partial charge in [0.05, 0.1) is 17.2 Å². The first-order valence-corrected chi connectivity index (χ1v) is 8.27. The van der Waals surface area contributed by atoms with Crippen LogP contribution in [-0.2, 0) is 6.61 Å². The minimum absolute atomic E-state index is 0.0152. The van der Waals surface area contributed by atoms with Crippen molar-refractivity contribution in [2.75, 3.05) is 5.32 Å². The number of nitrogens with zero attached hydrogens (tertiary/aromatic N) is 1. The first-order chi connectivity index (χ1) is 10.7. The molecule has 0 saturated carbocycles. The molecular weight excluding hydrogens is 316 g/mol. The molecule has 0 aliphatic carbocycles. The van der Waals surface area contributed by atoms with Gasteiger partial charge in [-0.15, -0.1) is 22.7 Å². The lowest BCUT2D eigenvalue weighted by molar-refractivity contribution is 0.282. The van der Waals surface area contributed by atoms with E-state index in [0.29, 0.717) is 0 Å². The van der Waals surface area contributed by atoms with E-state index in [1.807, 2.05) is 41.1 Å². The first kappa shape index (κ1) is 14.7. The third-order valence-electron chi connectivity index (χ3n) is 3.03. The molecule has 0 fully saturated rings. The lowest BCUT2D eigenvalue weighted by Crippen LogP contribution is -2.08. The molecule has 112 valence electrons. The molecule has 2 aromatic heterocycles. The first-order valence-electron chi connectivity index (χ1n) is 6.51. The highest BCUT2D eigenvalue weighted by Gasteiger charge is 2.09. The lowest BCUT2D eigenvalue weighted by Gasteiger charge is -2.03. The second-order valence-corrected chi connectivity index (χ2v) is 6.40. The van der Waals surface area contributed by atoms with E-state index < -0.39 is 0 Å². The smallest absolute Gasteiger partial charge is 0.187 e. The van der Waals surface area contributed by atoms with E-state index in [-0.39, 0.29) is 12.4 Å². The molecule has 5 N–H and O–H groups in total. The zero-order chi connectivity index (χ0) is 15.5. The molecule has 0 saturated heterocycles. The Hall–Kier alpha value is -2.22. The molecule has 0 bridgehead atoms. The number of anilines is 2. The van der Waals surface area contributed by atoms with Gasteiger partial charge in [-0.1, -0.05) is 12.1 Å². The van der Waals surface area contributed by atoms with Gasteiger partial charge in [0.25, 0.3) is 0 Å². The Morgan fingerprint density at radius 1 is 1.27 bits per heavy atom. The van der Waals surface area contributed by atoms with Gasteiger partial charge in [-0.25, -0.2) is 4.98 Å². The largest absolute Gasteiger partial charge is 0.392 e. The van der Waals surface area contributed by atoms with Crippen LogP contribution < -0.4 is 11.1 Å². The summed E-state index contributed by atoms with van der Waals surface area (Å²) < 4.78 is 0. The molecule has 0 aliphatic heterocycles. The van der Waals surface area contributed by atoms with Gasteiger partial charge < -0.3 is 16.2 Å². The number of aliphatic hydroxyl groups is 1. The van der Waals surface area contributed by atoms with Crippen LogP contribution in [0.1, 0.15) is 10.4 Å². The van der Waals surface area contributed by atoms with Crippen molar-refractivity contribution in [3.05, 3.63) is 51.5 Å². The molecule has 0 aliphatic rings. The Kier molecular flexibility index (Phi) is 4.19. The average Bonchev–Trinajstić information content (AvgIpc) is 3.16. The minimum atomic E-state index is 0.0152. The average molecular weight is 330 g/mol. The fourth-order valence-corrected chi connectivity index (χ4v) is 3.45. The molecule has 1 aromatic carbocycles. The summed E-state index contributed by atoms with van der Waals surface area (Å²) >= 11 is 2.94. The van der Waals surface area contributed by atoms with Crippen LogP contribution in [0.5, 0.6) is 0 Å². The summed E-state index contributed by atoms with van der Waals surface area (Å²) in [5, 5.41) is 24.5. The Bertz CT molecular complexity index is 809. The minimum Gasteiger partial charge on any atom is -0.392 e. The number of rotatable bonds is 5. The summed E-state index contributed by atoms with van der Waals surface area (Å²) in [6, 6.07) is 9.45. The number of thiophene rings is 1. The van der Waals surface area contributed by atoms with E-state index in [0.717, 1.165) is 32.5 Å². The number of amidine groups is 1. The third kappa shape index (κ3) is 3.16. The maximum Gasteiger partial charge on any atom is 0.187 e. The number of aliphatic hydroxyl groups excluding tert-OH is 1. The van der Waals surface area contributed by atoms with Crippen molar-refractivity contribution in [2.45, 2.75) is 6.61 Å². The molecule has 0 unspecified atom stereocenters. The molecule has 22 heavy (non-hydrogen) atoms. The second-order valence-electron chi connectivity index (χ2n) is 4.63. The highest BCUT2D eigenvalue weighted by Crippen LogP contribution is 2.30. The number of nitrogen functional groups attached to an aromatic ring is 1. The Balaban J connectivity index is 1.79. The van der Waals surface area contributed by atoms with Crippen LogP contribution >= 0.6 is 22.7 Å². The van der Waals surface area contributed by atoms with E-state index in [1.54, 1.807) is 0 Å². The van der Waals surface area contributed by atoms with E-state index in [9.17, 15) is 0 Å². The third-order valence-corrected chi connectivity index (χ3v) is 4.75. The van der Waals surface area contributed by atoms with Crippen LogP contribution in [0.25, 0.3) is 11.3 Å². The Morgan fingerprint density at radius 3 is 2.86 bits per heavy atom. The van der Waals surface area contributed by atoms with Crippen LogP contribution in [0.3, 0.4) is 0 Å². The zero-order valence-corrected chi connectivity index (χ0v) is 13.2. The van der Waals surface area contributed by atoms with E-state index >= 15 is 0 Å². The van der Waals surface area contributed by atoms with Crippen LogP contribution in [0, 0.1) is 5.41 Å². The molecule has 0 atom stereocenters. The Labute approximate surface area is 135 Å². The highest BCUT2D eigenvalue weighted by molar-refractivity contribution is 7.14. The maximum atomic E-state index is 9.16. The molecule has 2 heterocycles. The summed E-state index contributed by atoms with van der Waals surface area (Å²) in [6.45, 7) is 0.0152. The van der Waals surface area contributed by atoms with Gasteiger partial charge in [0.1, 0.15) is 5.84 Å². The fraction of sp³-hybridized carbons (Fsp3) is 0.0667. The van der Waals surface area contributed by atoms with E-state index in [1.165, 1.54) is 22.7 Å². The molecule has 0 spiro atoms. The normalized spacial score (nSPS) is 10.6. The van der Waals surface area contributed by atoms with Crippen molar-refractivity contribution in [3.63, 3.8) is 0 Å². The van der Waals surface area contributed by atoms with Crippen LogP contribution in [0.15, 0.2) is 41.1 Å². The number of hydrogen-bond donors (Lipinski definition) is 4. The van der Waals surface area contributed by atoms with Crippen molar-refractivity contribution in [2.24, 2.45) is 5.73 Å². The summed E-state index contributed by atoms with van der Waals surface area (Å²) in [6.07, 6.45) is 0. The SMILES string of the molecule is N=C(N)c1cc(-c2csc(Nc3cccc(CO)c3)n2)cs1. The standard InChI is InChI=1S/C15H14N4OS2/c16-14(17)13-5-10(7-21-13)12-8-22-15(19-12)18-11-3-1-2-9(4-11)6-20/h1-5,7-8,20H,6H2,(H3,16,17)(H,18,19). The van der Waals surface area contributed by atoms with Gasteiger partial charge in [0.15, 0.2) is 5.13 Å². The van der Waals surface area contributed by atoms with Gasteiger partial charge >= 0.3 is 0 Å². The molecular formula is C15H14N4OS2. The monoisotopic (exact) mass is 330 g/mol. The molecule has 3 rings (SSSR count). The molecule has 3 aromatic rings. The number of nitrogens with one attached hydrogen (secondary N) is 2. The van der Waals surface area contributed by atoms with Crippen molar-refractivity contribution in [3.8, 4) is 11.3 Å². The predicted octanol–water partition coefficient (Wildman–Crippen LogP) is 3.39. The molecule has 0 radical (unpaired) electrons. The Morgan fingerprint density at radius 2 is 2.14 bits per heavy atom. The number of aromatic nitrogens is 1. The maximum absolute atomic E-state index is 9.16. The van der Waals surface area contributed by atoms with Gasteiger partial charge in [-0.05, 0) is 23.8 Å². The van der Waals surface area contributed by atoms with Crippen LogP contribution in [-0.4, -0.2) is 15.9 Å². The molecule has 0 amide bonds. The molecule has 7 heteroatoms. The van der Waals surface area contributed by atoms with Crippen molar-refractivity contribution >= 4 is 39.3 Å². The summed E-state index contributed by atoms with van der Waals surface area (Å²) in [4.78, 5) is 5.29. The van der Waals surface area contributed by atoms with Crippen molar-refractivity contribution < 1.29 is 5.11 Å². The topological polar surface area (TPSA) is 95.0 Å². The van der Waals surface area contributed by atoms with E-state index in [4.69, 9.17) is 16.2 Å². The van der Waals surface area contributed by atoms with Gasteiger partial charge in [-0.2, -0.15) is 0 Å². The summed E-state index contributed by atoms with van der Waals surface area (Å²) in [5.41, 5.74) is 9.04. The summed E-state index contributed by atoms with van der Waals surface area (Å²) in [7, 11) is 0. The number of benzene rings is 1. The highest BCUT2D eigenvalue weighted by atomic mass is 32.1. The predicted molar refractivity (Wildman–Crippen MR) is 92.1 cm³/mol. The fourth-order valence-electron chi connectivity index (χ4n) is 1.95. The number of nitrogens with two attached hydrogens (primary N) is 1. The van der Waals surface area contributed by atoms with E-state index in [2.05, 4.69) is 10.3 Å². The van der Waals surface area contributed by atoms with Gasteiger partial charge in [0.2, 0.25) is 0 Å².